The van der Waals surface area contributed by atoms with Crippen LogP contribution in [0.25, 0.3) is 10.9 Å². The molecule has 0 unspecified atom stereocenters. The number of likely N-dealkylation sites (tertiary alicyclic amines) is 2. The van der Waals surface area contributed by atoms with Crippen molar-refractivity contribution in [2.75, 3.05) is 40.3 Å². The number of carbonyl (C=O) groups excluding carboxylic acids is 1. The van der Waals surface area contributed by atoms with Gasteiger partial charge in [-0.25, -0.2) is 4.79 Å². The number of ether oxygens (including phenoxy) is 1. The predicted octanol–water partition coefficient (Wildman–Crippen LogP) is 1.82. The van der Waals surface area contributed by atoms with Crippen LogP contribution in [0, 0.1) is 11.8 Å². The summed E-state index contributed by atoms with van der Waals surface area (Å²) in [6.07, 6.45) is 1.80. The highest BCUT2D eigenvalue weighted by molar-refractivity contribution is 6.04. The standard InChI is InChI=1S/C18H23N3O2/c1-20-8-12-10-21(2)11-13(9-20)17(12)23-18(22)15-7-19-16-6-4-3-5-14(15)16/h3-7,12-13,17,19H,8-11H2,1-2H3. The van der Waals surface area contributed by atoms with Gasteiger partial charge in [-0.3, -0.25) is 0 Å². The number of aromatic nitrogens is 1. The number of benzene rings is 1. The number of para-hydroxylation sites is 1. The third-order valence-corrected chi connectivity index (χ3v) is 5.17. The van der Waals surface area contributed by atoms with Gasteiger partial charge in [-0.15, -0.1) is 0 Å². The number of esters is 1. The number of piperidine rings is 2. The zero-order chi connectivity index (χ0) is 16.0. The molecule has 1 N–H and O–H groups in total. The summed E-state index contributed by atoms with van der Waals surface area (Å²) in [4.78, 5) is 20.6. The van der Waals surface area contributed by atoms with Crippen LogP contribution in [-0.4, -0.2) is 67.1 Å². The molecule has 4 rings (SSSR count). The van der Waals surface area contributed by atoms with E-state index in [1.807, 2.05) is 24.3 Å². The van der Waals surface area contributed by atoms with Gasteiger partial charge in [-0.1, -0.05) is 18.2 Å². The molecular formula is C18H23N3O2. The van der Waals surface area contributed by atoms with Crippen LogP contribution in [0.15, 0.2) is 30.5 Å². The highest BCUT2D eigenvalue weighted by Crippen LogP contribution is 2.31. The van der Waals surface area contributed by atoms with E-state index in [0.29, 0.717) is 17.4 Å². The molecule has 2 aliphatic heterocycles. The Kier molecular flexibility index (Phi) is 3.62. The lowest BCUT2D eigenvalue weighted by Gasteiger charge is -2.48. The molecule has 0 aliphatic carbocycles. The molecule has 0 amide bonds. The van der Waals surface area contributed by atoms with Crippen molar-refractivity contribution in [1.29, 1.82) is 0 Å². The van der Waals surface area contributed by atoms with Crippen LogP contribution in [-0.2, 0) is 4.74 Å². The Hall–Kier alpha value is -1.85. The third kappa shape index (κ3) is 2.64. The fourth-order valence-corrected chi connectivity index (χ4v) is 4.29. The minimum Gasteiger partial charge on any atom is -0.458 e. The minimum absolute atomic E-state index is 0.0311. The van der Waals surface area contributed by atoms with Crippen LogP contribution in [0.5, 0.6) is 0 Å². The summed E-state index contributed by atoms with van der Waals surface area (Å²) in [7, 11) is 4.31. The number of aromatic amines is 1. The monoisotopic (exact) mass is 313 g/mol. The topological polar surface area (TPSA) is 48.6 Å². The summed E-state index contributed by atoms with van der Waals surface area (Å²) in [5.74, 6) is 0.592. The normalized spacial score (nSPS) is 28.9. The van der Waals surface area contributed by atoms with E-state index < -0.39 is 0 Å². The van der Waals surface area contributed by atoms with Gasteiger partial charge in [0.2, 0.25) is 0 Å². The average molecular weight is 313 g/mol. The predicted molar refractivity (Wildman–Crippen MR) is 89.5 cm³/mol. The zero-order valence-corrected chi connectivity index (χ0v) is 13.7. The zero-order valence-electron chi connectivity index (χ0n) is 13.7. The molecule has 2 aromatic rings. The smallest absolute Gasteiger partial charge is 0.340 e. The van der Waals surface area contributed by atoms with E-state index in [4.69, 9.17) is 4.74 Å². The summed E-state index contributed by atoms with van der Waals surface area (Å²) in [6.45, 7) is 3.97. The number of nitrogens with zero attached hydrogens (tertiary/aromatic N) is 2. The van der Waals surface area contributed by atoms with Crippen molar-refractivity contribution < 1.29 is 9.53 Å². The van der Waals surface area contributed by atoms with Crippen molar-refractivity contribution in [3.05, 3.63) is 36.0 Å². The van der Waals surface area contributed by atoms with Crippen molar-refractivity contribution in [2.24, 2.45) is 11.8 Å². The van der Waals surface area contributed by atoms with Crippen LogP contribution in [0.2, 0.25) is 0 Å². The molecule has 122 valence electrons. The molecule has 1 aromatic carbocycles. The molecular weight excluding hydrogens is 290 g/mol. The third-order valence-electron chi connectivity index (χ3n) is 5.17. The second-order valence-electron chi connectivity index (χ2n) is 7.08. The van der Waals surface area contributed by atoms with E-state index in [2.05, 4.69) is 28.9 Å². The lowest BCUT2D eigenvalue weighted by atomic mass is 9.82. The quantitative estimate of drug-likeness (QED) is 0.859. The summed E-state index contributed by atoms with van der Waals surface area (Å²) in [6, 6.07) is 7.86. The van der Waals surface area contributed by atoms with Gasteiger partial charge in [0.15, 0.2) is 0 Å². The van der Waals surface area contributed by atoms with Gasteiger partial charge in [0.1, 0.15) is 6.10 Å². The molecule has 2 fully saturated rings. The SMILES string of the molecule is CN1CC2CN(C)CC(C1)C2OC(=O)c1c[nH]c2ccccc12. The molecule has 5 nitrogen and oxygen atoms in total. The maximum atomic E-state index is 12.7. The molecule has 0 atom stereocenters. The number of nitrogens with one attached hydrogen (secondary N) is 1. The molecule has 1 aromatic heterocycles. The van der Waals surface area contributed by atoms with Crippen molar-refractivity contribution in [2.45, 2.75) is 6.10 Å². The number of carbonyl (C=O) groups is 1. The van der Waals surface area contributed by atoms with Crippen LogP contribution in [0.1, 0.15) is 10.4 Å². The van der Waals surface area contributed by atoms with Gasteiger partial charge in [-0.2, -0.15) is 0 Å². The van der Waals surface area contributed by atoms with E-state index in [1.165, 1.54) is 0 Å². The summed E-state index contributed by atoms with van der Waals surface area (Å²) in [5.41, 5.74) is 1.62. The molecule has 23 heavy (non-hydrogen) atoms. The number of hydrogen-bond donors (Lipinski definition) is 1. The van der Waals surface area contributed by atoms with Crippen LogP contribution in [0.3, 0.4) is 0 Å². The van der Waals surface area contributed by atoms with E-state index in [1.54, 1.807) is 6.20 Å². The van der Waals surface area contributed by atoms with Crippen LogP contribution >= 0.6 is 0 Å². The van der Waals surface area contributed by atoms with Crippen LogP contribution < -0.4 is 0 Å². The highest BCUT2D eigenvalue weighted by Gasteiger charge is 2.43. The minimum atomic E-state index is -0.198. The first-order valence-corrected chi connectivity index (χ1v) is 8.26. The first-order valence-electron chi connectivity index (χ1n) is 8.26. The Bertz CT molecular complexity index is 696. The van der Waals surface area contributed by atoms with Gasteiger partial charge >= 0.3 is 5.97 Å². The van der Waals surface area contributed by atoms with Gasteiger partial charge in [0.25, 0.3) is 0 Å². The Morgan fingerprint density at radius 1 is 1.09 bits per heavy atom. The first-order chi connectivity index (χ1) is 11.1. The molecule has 0 spiro atoms. The number of H-pyrrole nitrogens is 1. The van der Waals surface area contributed by atoms with E-state index in [-0.39, 0.29) is 12.1 Å². The maximum Gasteiger partial charge on any atom is 0.340 e. The molecule has 2 aliphatic rings. The fourth-order valence-electron chi connectivity index (χ4n) is 4.29. The van der Waals surface area contributed by atoms with Gasteiger partial charge in [-0.05, 0) is 20.2 Å². The summed E-state index contributed by atoms with van der Waals surface area (Å²) < 4.78 is 6.00. The average Bonchev–Trinajstić information content (AvgIpc) is 2.92. The number of fused-ring (bicyclic) bond motifs is 3. The summed E-state index contributed by atoms with van der Waals surface area (Å²) in [5, 5.41) is 0.938. The largest absolute Gasteiger partial charge is 0.458 e. The first kappa shape index (κ1) is 14.7. The molecule has 0 saturated carbocycles. The lowest BCUT2D eigenvalue weighted by Crippen LogP contribution is -2.59. The van der Waals surface area contributed by atoms with Crippen LogP contribution in [0.4, 0.5) is 0 Å². The fraction of sp³-hybridized carbons (Fsp3) is 0.500. The van der Waals surface area contributed by atoms with Crippen molar-refractivity contribution in [3.8, 4) is 0 Å². The van der Waals surface area contributed by atoms with E-state index in [9.17, 15) is 4.79 Å². The van der Waals surface area contributed by atoms with Gasteiger partial charge in [0, 0.05) is 55.1 Å². The molecule has 0 radical (unpaired) electrons. The molecule has 2 saturated heterocycles. The second-order valence-corrected chi connectivity index (χ2v) is 7.08. The van der Waals surface area contributed by atoms with Gasteiger partial charge in [0.05, 0.1) is 5.56 Å². The summed E-state index contributed by atoms with van der Waals surface area (Å²) >= 11 is 0. The second kappa shape index (κ2) is 5.65. The van der Waals surface area contributed by atoms with Crippen molar-refractivity contribution in [3.63, 3.8) is 0 Å². The lowest BCUT2D eigenvalue weighted by molar-refractivity contribution is -0.0791. The van der Waals surface area contributed by atoms with Crippen molar-refractivity contribution >= 4 is 16.9 Å². The number of rotatable bonds is 2. The Morgan fingerprint density at radius 3 is 2.35 bits per heavy atom. The van der Waals surface area contributed by atoms with Gasteiger partial charge < -0.3 is 19.5 Å². The van der Waals surface area contributed by atoms with Crippen molar-refractivity contribution in [1.82, 2.24) is 14.8 Å². The Labute approximate surface area is 136 Å². The highest BCUT2D eigenvalue weighted by atomic mass is 16.5. The molecule has 3 heterocycles. The van der Waals surface area contributed by atoms with E-state index >= 15 is 0 Å². The maximum absolute atomic E-state index is 12.7. The molecule has 5 heteroatoms. The Morgan fingerprint density at radius 2 is 1.70 bits per heavy atom. The molecule has 2 bridgehead atoms. The number of hydrogen-bond acceptors (Lipinski definition) is 4. The Balaban J connectivity index is 1.56. The van der Waals surface area contributed by atoms with E-state index in [0.717, 1.165) is 37.1 Å².